The minimum Gasteiger partial charge on any atom is -0.497 e. The van der Waals surface area contributed by atoms with Crippen LogP contribution in [-0.4, -0.2) is 50.3 Å². The van der Waals surface area contributed by atoms with Gasteiger partial charge in [-0.1, -0.05) is 13.0 Å². The maximum atomic E-state index is 12.4. The van der Waals surface area contributed by atoms with Gasteiger partial charge >= 0.3 is 0 Å². The second-order valence-corrected chi connectivity index (χ2v) is 4.63. The van der Waals surface area contributed by atoms with E-state index in [2.05, 4.69) is 0 Å². The van der Waals surface area contributed by atoms with Crippen LogP contribution in [-0.2, 0) is 9.53 Å². The van der Waals surface area contributed by atoms with Gasteiger partial charge in [-0.05, 0) is 18.6 Å². The van der Waals surface area contributed by atoms with Gasteiger partial charge in [0.05, 0.1) is 20.3 Å². The van der Waals surface area contributed by atoms with Crippen LogP contribution >= 0.6 is 0 Å². The minimum absolute atomic E-state index is 0.0265. The zero-order chi connectivity index (χ0) is 14.4. The summed E-state index contributed by atoms with van der Waals surface area (Å²) in [5.41, 5.74) is 0. The normalized spacial score (nSPS) is 16.6. The summed E-state index contributed by atoms with van der Waals surface area (Å²) < 4.78 is 16.2. The quantitative estimate of drug-likeness (QED) is 0.823. The van der Waals surface area contributed by atoms with Crippen molar-refractivity contribution in [2.75, 3.05) is 33.4 Å². The minimum atomic E-state index is -0.458. The molecule has 1 aliphatic heterocycles. The maximum Gasteiger partial charge on any atom is 0.263 e. The maximum absolute atomic E-state index is 12.4. The Kier molecular flexibility index (Phi) is 5.24. The van der Waals surface area contributed by atoms with Crippen LogP contribution in [0.15, 0.2) is 24.3 Å². The molecule has 0 saturated carbocycles. The molecule has 1 amide bonds. The van der Waals surface area contributed by atoms with E-state index in [0.717, 1.165) is 5.75 Å². The Morgan fingerprint density at radius 3 is 2.70 bits per heavy atom. The number of hydrogen-bond donors (Lipinski definition) is 0. The smallest absolute Gasteiger partial charge is 0.263 e. The van der Waals surface area contributed by atoms with Crippen LogP contribution in [0, 0.1) is 0 Å². The lowest BCUT2D eigenvalue weighted by molar-refractivity contribution is -0.142. The summed E-state index contributed by atoms with van der Waals surface area (Å²) in [7, 11) is 1.61. The van der Waals surface area contributed by atoms with E-state index in [1.54, 1.807) is 18.1 Å². The highest BCUT2D eigenvalue weighted by Gasteiger charge is 2.26. The first kappa shape index (κ1) is 14.7. The first-order valence-corrected chi connectivity index (χ1v) is 6.92. The van der Waals surface area contributed by atoms with Gasteiger partial charge in [-0.15, -0.1) is 0 Å². The lowest BCUT2D eigenvalue weighted by Crippen LogP contribution is -2.47. The van der Waals surface area contributed by atoms with Crippen molar-refractivity contribution in [1.29, 1.82) is 0 Å². The third-order valence-corrected chi connectivity index (χ3v) is 3.29. The second-order valence-electron chi connectivity index (χ2n) is 4.63. The molecule has 1 atom stereocenters. The summed E-state index contributed by atoms with van der Waals surface area (Å²) in [4.78, 5) is 14.2. The molecule has 5 heteroatoms. The lowest BCUT2D eigenvalue weighted by atomic mass is 10.2. The summed E-state index contributed by atoms with van der Waals surface area (Å²) >= 11 is 0. The van der Waals surface area contributed by atoms with Crippen LogP contribution in [0.4, 0.5) is 0 Å². The number of morpholine rings is 1. The molecule has 1 fully saturated rings. The summed E-state index contributed by atoms with van der Waals surface area (Å²) in [6.45, 7) is 4.42. The van der Waals surface area contributed by atoms with Crippen molar-refractivity contribution < 1.29 is 19.0 Å². The van der Waals surface area contributed by atoms with Gasteiger partial charge in [-0.3, -0.25) is 4.79 Å². The molecule has 20 heavy (non-hydrogen) atoms. The molecule has 0 aromatic heterocycles. The fraction of sp³-hybridized carbons (Fsp3) is 0.533. The number of nitrogens with zero attached hydrogens (tertiary/aromatic N) is 1. The molecule has 2 rings (SSSR count). The van der Waals surface area contributed by atoms with E-state index in [1.165, 1.54) is 0 Å². The third kappa shape index (κ3) is 3.63. The van der Waals surface area contributed by atoms with Crippen LogP contribution in [0.1, 0.15) is 13.3 Å². The van der Waals surface area contributed by atoms with E-state index in [0.29, 0.717) is 38.5 Å². The lowest BCUT2D eigenvalue weighted by Gasteiger charge is -2.30. The van der Waals surface area contributed by atoms with E-state index in [-0.39, 0.29) is 5.91 Å². The Morgan fingerprint density at radius 2 is 2.05 bits per heavy atom. The highest BCUT2D eigenvalue weighted by atomic mass is 16.5. The Labute approximate surface area is 119 Å². The van der Waals surface area contributed by atoms with Crippen molar-refractivity contribution in [1.82, 2.24) is 4.90 Å². The first-order chi connectivity index (χ1) is 9.74. The fourth-order valence-corrected chi connectivity index (χ4v) is 2.13. The number of amides is 1. The number of rotatable bonds is 5. The van der Waals surface area contributed by atoms with Crippen molar-refractivity contribution in [3.05, 3.63) is 24.3 Å². The van der Waals surface area contributed by atoms with E-state index in [1.807, 2.05) is 25.1 Å². The molecule has 0 spiro atoms. The van der Waals surface area contributed by atoms with E-state index < -0.39 is 6.10 Å². The van der Waals surface area contributed by atoms with Crippen molar-refractivity contribution in [3.63, 3.8) is 0 Å². The Bertz CT molecular complexity index is 443. The number of ether oxygens (including phenoxy) is 3. The third-order valence-electron chi connectivity index (χ3n) is 3.29. The van der Waals surface area contributed by atoms with Crippen molar-refractivity contribution in [2.45, 2.75) is 19.4 Å². The molecule has 1 aromatic carbocycles. The van der Waals surface area contributed by atoms with Crippen LogP contribution in [0.5, 0.6) is 11.5 Å². The largest absolute Gasteiger partial charge is 0.497 e. The zero-order valence-corrected chi connectivity index (χ0v) is 12.0. The highest BCUT2D eigenvalue weighted by Crippen LogP contribution is 2.21. The predicted molar refractivity (Wildman–Crippen MR) is 75.1 cm³/mol. The number of carbonyl (C=O) groups excluding carboxylic acids is 1. The van der Waals surface area contributed by atoms with Crippen LogP contribution < -0.4 is 9.47 Å². The summed E-state index contributed by atoms with van der Waals surface area (Å²) in [5, 5.41) is 0. The molecule has 0 radical (unpaired) electrons. The van der Waals surface area contributed by atoms with Gasteiger partial charge in [0, 0.05) is 19.2 Å². The zero-order valence-electron chi connectivity index (χ0n) is 12.0. The molecule has 110 valence electrons. The molecule has 1 saturated heterocycles. The summed E-state index contributed by atoms with van der Waals surface area (Å²) in [6.07, 6.45) is 0.174. The standard InChI is InChI=1S/C15H21NO4/c1-3-14(15(17)16-7-9-19-10-8-16)20-13-6-4-5-12(11-13)18-2/h4-6,11,14H,3,7-10H2,1-2H3. The van der Waals surface area contributed by atoms with Gasteiger partial charge in [0.25, 0.3) is 5.91 Å². The molecule has 1 aliphatic rings. The van der Waals surface area contributed by atoms with Crippen LogP contribution in [0.25, 0.3) is 0 Å². The Balaban J connectivity index is 2.01. The van der Waals surface area contributed by atoms with E-state index in [4.69, 9.17) is 14.2 Å². The van der Waals surface area contributed by atoms with Gasteiger partial charge in [0.2, 0.25) is 0 Å². The van der Waals surface area contributed by atoms with Crippen molar-refractivity contribution >= 4 is 5.91 Å². The average molecular weight is 279 g/mol. The van der Waals surface area contributed by atoms with Gasteiger partial charge in [0.1, 0.15) is 11.5 Å². The van der Waals surface area contributed by atoms with Gasteiger partial charge in [-0.25, -0.2) is 0 Å². The van der Waals surface area contributed by atoms with Gasteiger partial charge < -0.3 is 19.1 Å². The SMILES string of the molecule is CCC(Oc1cccc(OC)c1)C(=O)N1CCOCC1. The number of benzene rings is 1. The topological polar surface area (TPSA) is 48.0 Å². The van der Waals surface area contributed by atoms with Gasteiger partial charge in [-0.2, -0.15) is 0 Å². The van der Waals surface area contributed by atoms with E-state index in [9.17, 15) is 4.79 Å². The van der Waals surface area contributed by atoms with Crippen molar-refractivity contribution in [2.24, 2.45) is 0 Å². The number of methoxy groups -OCH3 is 1. The molecular weight excluding hydrogens is 258 g/mol. The monoisotopic (exact) mass is 279 g/mol. The first-order valence-electron chi connectivity index (χ1n) is 6.92. The molecule has 1 unspecified atom stereocenters. The van der Waals surface area contributed by atoms with Crippen LogP contribution in [0.2, 0.25) is 0 Å². The van der Waals surface area contributed by atoms with E-state index >= 15 is 0 Å². The molecule has 0 N–H and O–H groups in total. The predicted octanol–water partition coefficient (Wildman–Crippen LogP) is 1.71. The summed E-state index contributed by atoms with van der Waals surface area (Å²) in [6, 6.07) is 7.31. The number of carbonyl (C=O) groups is 1. The van der Waals surface area contributed by atoms with Crippen LogP contribution in [0.3, 0.4) is 0 Å². The molecule has 1 aromatic rings. The average Bonchev–Trinajstić information content (AvgIpc) is 2.53. The molecular formula is C15H21NO4. The Hall–Kier alpha value is -1.75. The molecule has 0 bridgehead atoms. The van der Waals surface area contributed by atoms with Crippen molar-refractivity contribution in [3.8, 4) is 11.5 Å². The fourth-order valence-electron chi connectivity index (χ4n) is 2.13. The van der Waals surface area contributed by atoms with Gasteiger partial charge in [0.15, 0.2) is 6.10 Å². The molecule has 1 heterocycles. The molecule has 5 nitrogen and oxygen atoms in total. The second kappa shape index (κ2) is 7.14. The Morgan fingerprint density at radius 1 is 1.35 bits per heavy atom. The molecule has 0 aliphatic carbocycles. The number of hydrogen-bond acceptors (Lipinski definition) is 4. The highest BCUT2D eigenvalue weighted by molar-refractivity contribution is 5.81. The summed E-state index contributed by atoms with van der Waals surface area (Å²) in [5.74, 6) is 1.40.